The van der Waals surface area contributed by atoms with Gasteiger partial charge in [-0.05, 0) is 122 Å². The van der Waals surface area contributed by atoms with Crippen LogP contribution in [0, 0.1) is 55.4 Å². The molecule has 0 radical (unpaired) electrons. The third-order valence-corrected chi connectivity index (χ3v) is 13.3. The molecule has 0 amide bonds. The van der Waals surface area contributed by atoms with Crippen LogP contribution in [-0.2, 0) is 18.5 Å². The van der Waals surface area contributed by atoms with Crippen molar-refractivity contribution >= 4 is 15.6 Å². The minimum atomic E-state index is -4.31. The van der Waals surface area contributed by atoms with Crippen molar-refractivity contribution in [3.63, 3.8) is 0 Å². The molecule has 0 aliphatic carbocycles. The Morgan fingerprint density at radius 1 is 0.304 bits per heavy atom. The number of hydrogen-bond donors (Lipinski definition) is 0. The van der Waals surface area contributed by atoms with Gasteiger partial charge in [-0.2, -0.15) is 0 Å². The van der Waals surface area contributed by atoms with Gasteiger partial charge in [0, 0.05) is 33.4 Å². The van der Waals surface area contributed by atoms with Crippen LogP contribution in [0.3, 0.4) is 0 Å². The number of aryl methyl sites for hydroxylation is 8. The lowest BCUT2D eigenvalue weighted by Gasteiger charge is -2.28. The Bertz CT molecular complexity index is 2600. The van der Waals surface area contributed by atoms with Crippen LogP contribution in [0.1, 0.15) is 44.5 Å². The fourth-order valence-corrected chi connectivity index (χ4v) is 11.0. The number of phosphoric acid groups is 2. The standard InChI is InChI=1S/C44H36O10P2/c1-21-13-9-14-22(2)29(21)33-35(31-25(5)17-11-18-26(31)6)39-43-41(49-55(45,51-43)53-47-39)37(33)38-34(30-23(3)15-10-16-24(30)4)36(32-27(7)19-12-20-28(32)8)40-44-42(38)50-56(46,52-44)54-48-40/h9-20H,1-8H3. The van der Waals surface area contributed by atoms with E-state index < -0.39 is 15.6 Å². The lowest BCUT2D eigenvalue weighted by atomic mass is 9.76. The Morgan fingerprint density at radius 3 is 0.821 bits per heavy atom. The molecule has 4 aliphatic rings. The number of rotatable bonds is 5. The van der Waals surface area contributed by atoms with E-state index in [0.717, 1.165) is 66.8 Å². The number of benzene rings is 6. The summed E-state index contributed by atoms with van der Waals surface area (Å²) >= 11 is 0. The number of fused-ring (bicyclic) bond motifs is 2. The molecule has 10 nitrogen and oxygen atoms in total. The van der Waals surface area contributed by atoms with Gasteiger partial charge in [0.15, 0.2) is 11.5 Å². The van der Waals surface area contributed by atoms with Crippen LogP contribution in [-0.4, -0.2) is 0 Å². The van der Waals surface area contributed by atoms with E-state index in [9.17, 15) is 9.13 Å². The van der Waals surface area contributed by atoms with Gasteiger partial charge in [-0.3, -0.25) is 0 Å². The molecule has 2 unspecified atom stereocenters. The maximum absolute atomic E-state index is 14.1. The van der Waals surface area contributed by atoms with Crippen LogP contribution in [0.2, 0.25) is 0 Å². The van der Waals surface area contributed by atoms with Crippen molar-refractivity contribution in [1.29, 1.82) is 0 Å². The van der Waals surface area contributed by atoms with Crippen molar-refractivity contribution in [2.45, 2.75) is 55.4 Å². The fraction of sp³-hybridized carbons (Fsp3) is 0.182. The molecule has 12 heteroatoms. The van der Waals surface area contributed by atoms with Gasteiger partial charge in [0.25, 0.3) is 0 Å². The highest BCUT2D eigenvalue weighted by Gasteiger charge is 2.56. The maximum atomic E-state index is 14.1. The molecular weight excluding hydrogens is 750 g/mol. The second-order valence-electron chi connectivity index (χ2n) is 14.9. The van der Waals surface area contributed by atoms with Gasteiger partial charge in [-0.15, -0.1) is 0 Å². The summed E-state index contributed by atoms with van der Waals surface area (Å²) in [6.45, 7) is 16.3. The SMILES string of the molecule is Cc1cccc(C)c1-c1c2c3c(c(-c4c5c6c(c(-c7c(C)cccc7C)c4-c4c(C)cccc4C)OOP(=O)(O6)O5)c1-c1c(C)cccc1C)OP(=O)(OO2)O3. The van der Waals surface area contributed by atoms with Crippen LogP contribution >= 0.6 is 15.6 Å². The molecule has 282 valence electrons. The summed E-state index contributed by atoms with van der Waals surface area (Å²) in [5.74, 6) is 0.915. The van der Waals surface area contributed by atoms with E-state index in [-0.39, 0.29) is 34.5 Å². The minimum Gasteiger partial charge on any atom is -0.388 e. The summed E-state index contributed by atoms with van der Waals surface area (Å²) in [5, 5.41) is 0. The molecule has 0 fully saturated rings. The van der Waals surface area contributed by atoms with Gasteiger partial charge >= 0.3 is 15.6 Å². The van der Waals surface area contributed by atoms with E-state index in [1.165, 1.54) is 0 Å². The largest absolute Gasteiger partial charge is 0.625 e. The second-order valence-corrected chi connectivity index (χ2v) is 17.7. The maximum Gasteiger partial charge on any atom is 0.625 e. The molecular formula is C44H36O10P2. The number of phosphoric ester groups is 2. The van der Waals surface area contributed by atoms with Crippen LogP contribution < -0.4 is 27.9 Å². The van der Waals surface area contributed by atoms with Crippen molar-refractivity contribution < 1.29 is 46.3 Å². The van der Waals surface area contributed by atoms with Crippen molar-refractivity contribution in [3.05, 3.63) is 117 Å². The molecule has 4 heterocycles. The zero-order chi connectivity index (χ0) is 39.0. The lowest BCUT2D eigenvalue weighted by Crippen LogP contribution is -2.08. The highest BCUT2D eigenvalue weighted by atomic mass is 31.2. The molecule has 4 aliphatic heterocycles. The minimum absolute atomic E-state index is 0.116. The van der Waals surface area contributed by atoms with Gasteiger partial charge in [-0.1, -0.05) is 82.1 Å². The molecule has 6 aromatic rings. The van der Waals surface area contributed by atoms with Gasteiger partial charge in [0.2, 0.25) is 23.0 Å². The van der Waals surface area contributed by atoms with Crippen LogP contribution in [0.4, 0.5) is 0 Å². The monoisotopic (exact) mass is 786 g/mol. The van der Waals surface area contributed by atoms with E-state index in [1.54, 1.807) is 0 Å². The average Bonchev–Trinajstić information content (AvgIpc) is 3.61. The van der Waals surface area contributed by atoms with E-state index in [1.807, 2.05) is 128 Å². The molecule has 56 heavy (non-hydrogen) atoms. The Morgan fingerprint density at radius 2 is 0.536 bits per heavy atom. The molecule has 0 aromatic heterocycles. The second kappa shape index (κ2) is 12.0. The van der Waals surface area contributed by atoms with Crippen molar-refractivity contribution in [1.82, 2.24) is 0 Å². The van der Waals surface area contributed by atoms with Crippen molar-refractivity contribution in [3.8, 4) is 90.1 Å². The molecule has 6 aromatic carbocycles. The molecule has 0 N–H and O–H groups in total. The average molecular weight is 787 g/mol. The highest BCUT2D eigenvalue weighted by molar-refractivity contribution is 7.50. The van der Waals surface area contributed by atoms with E-state index in [4.69, 9.17) is 37.2 Å². The predicted octanol–water partition coefficient (Wildman–Crippen LogP) is 12.9. The van der Waals surface area contributed by atoms with Crippen LogP contribution in [0.25, 0.3) is 55.6 Å². The molecule has 4 bridgehead atoms. The van der Waals surface area contributed by atoms with Gasteiger partial charge in [0.05, 0.1) is 0 Å². The molecule has 0 saturated carbocycles. The van der Waals surface area contributed by atoms with Gasteiger partial charge < -0.3 is 27.9 Å². The Kier molecular flexibility index (Phi) is 7.49. The molecule has 0 saturated heterocycles. The predicted molar refractivity (Wildman–Crippen MR) is 213 cm³/mol. The smallest absolute Gasteiger partial charge is 0.388 e. The molecule has 10 rings (SSSR count). The van der Waals surface area contributed by atoms with E-state index in [2.05, 4.69) is 0 Å². The quantitative estimate of drug-likeness (QED) is 0.124. The van der Waals surface area contributed by atoms with E-state index >= 15 is 0 Å². The summed E-state index contributed by atoms with van der Waals surface area (Å²) in [4.78, 5) is 12.0. The summed E-state index contributed by atoms with van der Waals surface area (Å²) in [5.41, 5.74) is 14.6. The first-order valence-corrected chi connectivity index (χ1v) is 21.2. The van der Waals surface area contributed by atoms with Gasteiger partial charge in [0.1, 0.15) is 0 Å². The summed E-state index contributed by atoms with van der Waals surface area (Å²) in [6.07, 6.45) is 0. The molecule has 0 spiro atoms. The van der Waals surface area contributed by atoms with Crippen LogP contribution in [0.15, 0.2) is 72.8 Å². The zero-order valence-electron chi connectivity index (χ0n) is 31.9. The van der Waals surface area contributed by atoms with Crippen LogP contribution in [0.5, 0.6) is 34.5 Å². The fourth-order valence-electron chi connectivity index (χ4n) is 8.86. The molecule has 2 atom stereocenters. The topological polar surface area (TPSA) is 108 Å². The highest BCUT2D eigenvalue weighted by Crippen LogP contribution is 2.77. The first-order valence-electron chi connectivity index (χ1n) is 18.2. The van der Waals surface area contributed by atoms with Crippen molar-refractivity contribution in [2.24, 2.45) is 0 Å². The zero-order valence-corrected chi connectivity index (χ0v) is 33.7. The summed E-state index contributed by atoms with van der Waals surface area (Å²) in [7, 11) is -8.61. The normalized spacial score (nSPS) is 19.4. The Balaban J connectivity index is 1.53. The van der Waals surface area contributed by atoms with E-state index in [0.29, 0.717) is 33.4 Å². The lowest BCUT2D eigenvalue weighted by molar-refractivity contribution is -0.125. The Labute approximate surface area is 323 Å². The third kappa shape index (κ3) is 4.83. The first-order chi connectivity index (χ1) is 26.8. The third-order valence-electron chi connectivity index (χ3n) is 11.1. The van der Waals surface area contributed by atoms with Gasteiger partial charge in [-0.25, -0.2) is 9.13 Å². The summed E-state index contributed by atoms with van der Waals surface area (Å²) < 4.78 is 64.2. The number of hydrogen-bond acceptors (Lipinski definition) is 10. The first kappa shape index (κ1) is 35.0. The Hall–Kier alpha value is -5.50. The van der Waals surface area contributed by atoms with Crippen molar-refractivity contribution in [2.75, 3.05) is 0 Å². The summed E-state index contributed by atoms with van der Waals surface area (Å²) in [6, 6.07) is 24.3.